The van der Waals surface area contributed by atoms with E-state index in [-0.39, 0.29) is 6.10 Å². The molecule has 1 aromatic heterocycles. The summed E-state index contributed by atoms with van der Waals surface area (Å²) >= 11 is 3.26. The van der Waals surface area contributed by atoms with Gasteiger partial charge in [0.25, 0.3) is 0 Å². The minimum Gasteiger partial charge on any atom is -0.393 e. The Kier molecular flexibility index (Phi) is 3.60. The standard InChI is InChI=1S/C10H15BrN4O/c11-8-5-13-9(12)10(15-8)14-6-1-3-7(16)4-2-6/h5-7,16H,1-4H2,(H2,12,13)(H,14,15)/t6-,7-. The van der Waals surface area contributed by atoms with Crippen LogP contribution in [0.1, 0.15) is 25.7 Å². The molecule has 16 heavy (non-hydrogen) atoms. The van der Waals surface area contributed by atoms with Gasteiger partial charge in [0.1, 0.15) is 4.60 Å². The quantitative estimate of drug-likeness (QED) is 0.768. The summed E-state index contributed by atoms with van der Waals surface area (Å²) in [6, 6.07) is 0.328. The van der Waals surface area contributed by atoms with Gasteiger partial charge in [-0.3, -0.25) is 0 Å². The second-order valence-corrected chi connectivity index (χ2v) is 4.89. The highest BCUT2D eigenvalue weighted by Gasteiger charge is 2.20. The number of rotatable bonds is 2. The predicted molar refractivity (Wildman–Crippen MR) is 66.0 cm³/mol. The summed E-state index contributed by atoms with van der Waals surface area (Å²) in [5.41, 5.74) is 5.73. The molecule has 0 radical (unpaired) electrons. The molecular weight excluding hydrogens is 272 g/mol. The van der Waals surface area contributed by atoms with Crippen LogP contribution in [0.2, 0.25) is 0 Å². The first-order chi connectivity index (χ1) is 7.65. The van der Waals surface area contributed by atoms with E-state index in [1.807, 2.05) is 0 Å². The van der Waals surface area contributed by atoms with Crippen molar-refractivity contribution in [2.75, 3.05) is 11.1 Å². The molecule has 5 nitrogen and oxygen atoms in total. The summed E-state index contributed by atoms with van der Waals surface area (Å²) in [6.07, 6.45) is 4.97. The predicted octanol–water partition coefficient (Wildman–Crippen LogP) is 1.54. The van der Waals surface area contributed by atoms with Crippen molar-refractivity contribution < 1.29 is 5.11 Å². The summed E-state index contributed by atoms with van der Waals surface area (Å²) in [5.74, 6) is 1.03. The molecule has 0 aliphatic heterocycles. The molecule has 0 saturated heterocycles. The molecule has 0 aromatic carbocycles. The number of aromatic nitrogens is 2. The minimum absolute atomic E-state index is 0.149. The van der Waals surface area contributed by atoms with Gasteiger partial charge in [-0.05, 0) is 41.6 Å². The first-order valence-electron chi connectivity index (χ1n) is 5.38. The number of nitrogen functional groups attached to an aromatic ring is 1. The van der Waals surface area contributed by atoms with E-state index in [4.69, 9.17) is 5.73 Å². The molecule has 4 N–H and O–H groups in total. The van der Waals surface area contributed by atoms with Crippen molar-refractivity contribution in [2.24, 2.45) is 0 Å². The average molecular weight is 287 g/mol. The van der Waals surface area contributed by atoms with Gasteiger partial charge in [-0.25, -0.2) is 9.97 Å². The summed E-state index contributed by atoms with van der Waals surface area (Å²) in [4.78, 5) is 8.26. The Morgan fingerprint density at radius 3 is 2.75 bits per heavy atom. The van der Waals surface area contributed by atoms with E-state index in [0.717, 1.165) is 25.7 Å². The zero-order valence-electron chi connectivity index (χ0n) is 8.86. The normalized spacial score (nSPS) is 25.4. The number of nitrogens with zero attached hydrogens (tertiary/aromatic N) is 2. The van der Waals surface area contributed by atoms with E-state index in [1.165, 1.54) is 0 Å². The fourth-order valence-corrected chi connectivity index (χ4v) is 2.18. The lowest BCUT2D eigenvalue weighted by atomic mass is 9.93. The molecule has 0 spiro atoms. The topological polar surface area (TPSA) is 84.1 Å². The molecule has 1 aliphatic carbocycles. The van der Waals surface area contributed by atoms with Crippen molar-refractivity contribution >= 4 is 27.6 Å². The number of aliphatic hydroxyl groups excluding tert-OH is 1. The number of nitrogens with one attached hydrogen (secondary N) is 1. The Hall–Kier alpha value is -0.880. The van der Waals surface area contributed by atoms with Crippen LogP contribution < -0.4 is 11.1 Å². The van der Waals surface area contributed by atoms with Gasteiger partial charge in [-0.1, -0.05) is 0 Å². The molecular formula is C10H15BrN4O. The SMILES string of the molecule is Nc1ncc(Br)nc1N[C@H]1CC[C@H](O)CC1. The Morgan fingerprint density at radius 2 is 2.06 bits per heavy atom. The molecule has 1 aromatic rings. The zero-order chi connectivity index (χ0) is 11.5. The molecule has 0 amide bonds. The van der Waals surface area contributed by atoms with Crippen molar-refractivity contribution in [3.63, 3.8) is 0 Å². The van der Waals surface area contributed by atoms with Crippen molar-refractivity contribution in [2.45, 2.75) is 37.8 Å². The zero-order valence-corrected chi connectivity index (χ0v) is 10.4. The lowest BCUT2D eigenvalue weighted by molar-refractivity contribution is 0.126. The highest BCUT2D eigenvalue weighted by molar-refractivity contribution is 9.10. The van der Waals surface area contributed by atoms with E-state index >= 15 is 0 Å². The smallest absolute Gasteiger partial charge is 0.170 e. The van der Waals surface area contributed by atoms with Crippen LogP contribution in [0.4, 0.5) is 11.6 Å². The number of anilines is 2. The summed E-state index contributed by atoms with van der Waals surface area (Å²) < 4.78 is 0.667. The van der Waals surface area contributed by atoms with Crippen molar-refractivity contribution in [1.29, 1.82) is 0 Å². The van der Waals surface area contributed by atoms with Gasteiger partial charge in [0.15, 0.2) is 11.6 Å². The van der Waals surface area contributed by atoms with Crippen LogP contribution >= 0.6 is 15.9 Å². The second-order valence-electron chi connectivity index (χ2n) is 4.08. The molecule has 1 aliphatic rings. The largest absolute Gasteiger partial charge is 0.393 e. The van der Waals surface area contributed by atoms with Crippen LogP contribution in [0.5, 0.6) is 0 Å². The fraction of sp³-hybridized carbons (Fsp3) is 0.600. The van der Waals surface area contributed by atoms with Crippen LogP contribution in [0.3, 0.4) is 0 Å². The van der Waals surface area contributed by atoms with E-state index in [2.05, 4.69) is 31.2 Å². The molecule has 6 heteroatoms. The molecule has 0 bridgehead atoms. The molecule has 1 fully saturated rings. The third-order valence-corrected chi connectivity index (χ3v) is 3.19. The first-order valence-corrected chi connectivity index (χ1v) is 6.17. The highest BCUT2D eigenvalue weighted by Crippen LogP contribution is 2.23. The molecule has 1 saturated carbocycles. The molecule has 88 valence electrons. The average Bonchev–Trinajstić information content (AvgIpc) is 2.27. The Labute approximate surface area is 103 Å². The Balaban J connectivity index is 2.00. The molecule has 0 unspecified atom stereocenters. The summed E-state index contributed by atoms with van der Waals surface area (Å²) in [7, 11) is 0. The maximum absolute atomic E-state index is 9.40. The number of nitrogens with two attached hydrogens (primary N) is 1. The van der Waals surface area contributed by atoms with Crippen LogP contribution in [-0.4, -0.2) is 27.2 Å². The van der Waals surface area contributed by atoms with Gasteiger partial charge >= 0.3 is 0 Å². The van der Waals surface area contributed by atoms with Gasteiger partial charge in [-0.15, -0.1) is 0 Å². The van der Waals surface area contributed by atoms with Crippen LogP contribution in [0.25, 0.3) is 0 Å². The number of aliphatic hydroxyl groups is 1. The molecule has 1 heterocycles. The maximum atomic E-state index is 9.40. The summed E-state index contributed by atoms with van der Waals surface area (Å²) in [5, 5.41) is 12.7. The van der Waals surface area contributed by atoms with Gasteiger partial charge < -0.3 is 16.2 Å². The van der Waals surface area contributed by atoms with Crippen LogP contribution in [0.15, 0.2) is 10.8 Å². The van der Waals surface area contributed by atoms with Crippen LogP contribution in [0, 0.1) is 0 Å². The highest BCUT2D eigenvalue weighted by atomic mass is 79.9. The lowest BCUT2D eigenvalue weighted by Gasteiger charge is -2.26. The molecule has 0 atom stereocenters. The van der Waals surface area contributed by atoms with Gasteiger partial charge in [-0.2, -0.15) is 0 Å². The van der Waals surface area contributed by atoms with E-state index < -0.39 is 0 Å². The van der Waals surface area contributed by atoms with Crippen molar-refractivity contribution in [3.8, 4) is 0 Å². The first kappa shape index (κ1) is 11.6. The number of hydrogen-bond acceptors (Lipinski definition) is 5. The number of halogens is 1. The summed E-state index contributed by atoms with van der Waals surface area (Å²) in [6.45, 7) is 0. The fourth-order valence-electron chi connectivity index (χ4n) is 1.90. The maximum Gasteiger partial charge on any atom is 0.170 e. The molecule has 2 rings (SSSR count). The third kappa shape index (κ3) is 2.82. The van der Waals surface area contributed by atoms with Gasteiger partial charge in [0.2, 0.25) is 0 Å². The Bertz CT molecular complexity index is 366. The van der Waals surface area contributed by atoms with E-state index in [0.29, 0.717) is 22.3 Å². The van der Waals surface area contributed by atoms with Gasteiger partial charge in [0.05, 0.1) is 12.3 Å². The minimum atomic E-state index is -0.149. The van der Waals surface area contributed by atoms with Crippen molar-refractivity contribution in [3.05, 3.63) is 10.8 Å². The van der Waals surface area contributed by atoms with E-state index in [1.54, 1.807) is 6.20 Å². The third-order valence-electron chi connectivity index (χ3n) is 2.81. The van der Waals surface area contributed by atoms with E-state index in [9.17, 15) is 5.11 Å². The lowest BCUT2D eigenvalue weighted by Crippen LogP contribution is -2.29. The Morgan fingerprint density at radius 1 is 1.38 bits per heavy atom. The van der Waals surface area contributed by atoms with Crippen LogP contribution in [-0.2, 0) is 0 Å². The number of hydrogen-bond donors (Lipinski definition) is 3. The van der Waals surface area contributed by atoms with Gasteiger partial charge in [0, 0.05) is 6.04 Å². The second kappa shape index (κ2) is 4.97. The monoisotopic (exact) mass is 286 g/mol. The van der Waals surface area contributed by atoms with Crippen molar-refractivity contribution in [1.82, 2.24) is 9.97 Å².